The molecule has 124 valence electrons. The van der Waals surface area contributed by atoms with E-state index < -0.39 is 17.7 Å². The number of aliphatic hydroxyl groups is 1. The van der Waals surface area contributed by atoms with Crippen molar-refractivity contribution in [2.45, 2.75) is 44.4 Å². The number of rotatable bonds is 2. The molecule has 0 spiro atoms. The number of hydrogen-bond acceptors (Lipinski definition) is 5. The van der Waals surface area contributed by atoms with Crippen LogP contribution in [0, 0.1) is 0 Å². The van der Waals surface area contributed by atoms with Gasteiger partial charge >= 0.3 is 0 Å². The Labute approximate surface area is 141 Å². The van der Waals surface area contributed by atoms with Crippen LogP contribution in [0.4, 0.5) is 0 Å². The smallest absolute Gasteiger partial charge is 0.223 e. The summed E-state index contributed by atoms with van der Waals surface area (Å²) >= 11 is 5.19. The molecular formula is C17H21NO4S. The Bertz CT molecular complexity index is 658. The Hall–Kier alpha value is -1.66. The number of benzene rings is 1. The van der Waals surface area contributed by atoms with Crippen molar-refractivity contribution in [3.63, 3.8) is 0 Å². The topological polar surface area (TPSA) is 59.0 Å². The van der Waals surface area contributed by atoms with Gasteiger partial charge in [0.05, 0.1) is 13.2 Å². The molecule has 0 saturated carbocycles. The minimum absolute atomic E-state index is 0.0671. The predicted octanol–water partition coefficient (Wildman–Crippen LogP) is 2.20. The molecule has 3 rings (SSSR count). The van der Waals surface area contributed by atoms with E-state index >= 15 is 0 Å². The van der Waals surface area contributed by atoms with Crippen molar-refractivity contribution < 1.29 is 19.4 Å². The molecule has 0 bridgehead atoms. The van der Waals surface area contributed by atoms with Crippen LogP contribution >= 0.6 is 12.2 Å². The highest BCUT2D eigenvalue weighted by atomic mass is 32.1. The third-order valence-electron chi connectivity index (χ3n) is 4.58. The van der Waals surface area contributed by atoms with Crippen LogP contribution in [-0.4, -0.2) is 46.3 Å². The molecule has 2 aliphatic rings. The summed E-state index contributed by atoms with van der Waals surface area (Å²) in [6, 6.07) is 5.09. The number of nitrogens with zero attached hydrogens (tertiary/aromatic N) is 1. The number of aliphatic hydroxyl groups excluding tert-OH is 1. The minimum Gasteiger partial charge on any atom is -0.486 e. The number of ether oxygens (including phenoxy) is 2. The fraction of sp³-hybridized carbons (Fsp3) is 0.529. The number of thiocarbonyl (C=S) groups is 1. The lowest BCUT2D eigenvalue weighted by atomic mass is 9.85. The number of amides is 1. The van der Waals surface area contributed by atoms with E-state index in [-0.39, 0.29) is 5.91 Å². The molecule has 1 aromatic rings. The van der Waals surface area contributed by atoms with Crippen molar-refractivity contribution in [2.75, 3.05) is 13.7 Å². The zero-order chi connectivity index (χ0) is 16.8. The number of likely N-dealkylation sites (tertiary alicyclic amines) is 1. The Morgan fingerprint density at radius 1 is 1.48 bits per heavy atom. The highest BCUT2D eigenvalue weighted by Gasteiger charge is 2.47. The van der Waals surface area contributed by atoms with Crippen LogP contribution in [0.15, 0.2) is 18.2 Å². The van der Waals surface area contributed by atoms with Crippen LogP contribution in [0.1, 0.15) is 43.9 Å². The second kappa shape index (κ2) is 5.76. The number of fused-ring (bicyclic) bond motifs is 1. The summed E-state index contributed by atoms with van der Waals surface area (Å²) in [6.07, 6.45) is 0.522. The highest BCUT2D eigenvalue weighted by molar-refractivity contribution is 7.80. The Morgan fingerprint density at radius 2 is 2.22 bits per heavy atom. The van der Waals surface area contributed by atoms with Gasteiger partial charge in [-0.15, -0.1) is 0 Å². The van der Waals surface area contributed by atoms with Gasteiger partial charge in [0.1, 0.15) is 17.5 Å². The number of hydrogen-bond donors (Lipinski definition) is 1. The fourth-order valence-electron chi connectivity index (χ4n) is 3.31. The molecule has 23 heavy (non-hydrogen) atoms. The molecule has 0 aliphatic carbocycles. The zero-order valence-corrected chi connectivity index (χ0v) is 14.4. The van der Waals surface area contributed by atoms with E-state index in [1.54, 1.807) is 4.90 Å². The van der Waals surface area contributed by atoms with Crippen molar-refractivity contribution >= 4 is 23.2 Å². The molecule has 6 heteroatoms. The molecule has 1 N–H and O–H groups in total. The monoisotopic (exact) mass is 335 g/mol. The van der Waals surface area contributed by atoms with Gasteiger partial charge in [0.2, 0.25) is 5.91 Å². The van der Waals surface area contributed by atoms with Crippen molar-refractivity contribution in [3.8, 4) is 5.75 Å². The van der Waals surface area contributed by atoms with Crippen LogP contribution in [0.2, 0.25) is 0 Å². The third-order valence-corrected chi connectivity index (χ3v) is 4.98. The summed E-state index contributed by atoms with van der Waals surface area (Å²) < 4.78 is 11.1. The lowest BCUT2D eigenvalue weighted by Gasteiger charge is -2.45. The largest absolute Gasteiger partial charge is 0.486 e. The van der Waals surface area contributed by atoms with Crippen LogP contribution in [0.25, 0.3) is 0 Å². The van der Waals surface area contributed by atoms with Gasteiger partial charge in [0.25, 0.3) is 0 Å². The van der Waals surface area contributed by atoms with Gasteiger partial charge in [-0.1, -0.05) is 0 Å². The maximum atomic E-state index is 12.2. The molecule has 0 unspecified atom stereocenters. The fourth-order valence-corrected chi connectivity index (χ4v) is 3.44. The first-order valence-corrected chi connectivity index (χ1v) is 8.15. The van der Waals surface area contributed by atoms with E-state index in [1.807, 2.05) is 32.0 Å². The molecule has 1 amide bonds. The molecule has 2 heterocycles. The summed E-state index contributed by atoms with van der Waals surface area (Å²) in [5.41, 5.74) is 0.751. The van der Waals surface area contributed by atoms with Gasteiger partial charge in [-0.2, -0.15) is 0 Å². The molecule has 1 fully saturated rings. The van der Waals surface area contributed by atoms with Gasteiger partial charge in [0.15, 0.2) is 5.05 Å². The molecule has 0 aromatic heterocycles. The van der Waals surface area contributed by atoms with Crippen molar-refractivity contribution in [1.29, 1.82) is 0 Å². The average Bonchev–Trinajstić information content (AvgIpc) is 2.93. The summed E-state index contributed by atoms with van der Waals surface area (Å²) in [7, 11) is 1.53. The first kappa shape index (κ1) is 16.2. The minimum atomic E-state index is -0.816. The molecule has 1 saturated heterocycles. The lowest BCUT2D eigenvalue weighted by Crippen LogP contribution is -2.53. The van der Waals surface area contributed by atoms with E-state index in [2.05, 4.69) is 0 Å². The molecule has 1 aromatic carbocycles. The summed E-state index contributed by atoms with van der Waals surface area (Å²) in [5.74, 6) is 0.741. The summed E-state index contributed by atoms with van der Waals surface area (Å²) in [6.45, 7) is 4.32. The maximum Gasteiger partial charge on any atom is 0.223 e. The Morgan fingerprint density at radius 3 is 2.83 bits per heavy atom. The number of carbonyl (C=O) groups excluding carboxylic acids is 1. The standard InChI is InChI=1S/C17H21NO4S/c1-17(2)15(20)14(18-8-4-5-13(18)19)11-9-10(16(23)21-3)6-7-12(11)22-17/h6-7,9,14-15,20H,4-5,8H2,1-3H3/t14-,15+/m0/s1. The van der Waals surface area contributed by atoms with E-state index in [0.717, 1.165) is 17.5 Å². The second-order valence-corrected chi connectivity index (χ2v) is 6.90. The van der Waals surface area contributed by atoms with Gasteiger partial charge in [-0.25, -0.2) is 0 Å². The normalized spacial score (nSPS) is 25.7. The van der Waals surface area contributed by atoms with Crippen molar-refractivity contribution in [3.05, 3.63) is 29.3 Å². The van der Waals surface area contributed by atoms with Crippen molar-refractivity contribution in [2.24, 2.45) is 0 Å². The third kappa shape index (κ3) is 2.70. The predicted molar refractivity (Wildman–Crippen MR) is 89.6 cm³/mol. The van der Waals surface area contributed by atoms with Crippen LogP contribution in [-0.2, 0) is 9.53 Å². The number of methoxy groups -OCH3 is 1. The van der Waals surface area contributed by atoms with E-state index in [4.69, 9.17) is 21.7 Å². The van der Waals surface area contributed by atoms with E-state index in [9.17, 15) is 9.90 Å². The number of carbonyl (C=O) groups is 1. The first-order valence-electron chi connectivity index (χ1n) is 7.74. The van der Waals surface area contributed by atoms with Gasteiger partial charge in [0, 0.05) is 24.1 Å². The van der Waals surface area contributed by atoms with E-state index in [1.165, 1.54) is 7.11 Å². The van der Waals surface area contributed by atoms with Crippen LogP contribution in [0.5, 0.6) is 5.75 Å². The molecule has 2 aliphatic heterocycles. The first-order chi connectivity index (χ1) is 10.8. The lowest BCUT2D eigenvalue weighted by molar-refractivity contribution is -0.139. The maximum absolute atomic E-state index is 12.2. The second-order valence-electron chi connectivity index (χ2n) is 6.53. The molecule has 5 nitrogen and oxygen atoms in total. The summed E-state index contributed by atoms with van der Waals surface area (Å²) in [4.78, 5) is 14.0. The van der Waals surface area contributed by atoms with Gasteiger partial charge < -0.3 is 19.5 Å². The molecular weight excluding hydrogens is 314 g/mol. The Balaban J connectivity index is 2.10. The quantitative estimate of drug-likeness (QED) is 0.840. The highest BCUT2D eigenvalue weighted by Crippen LogP contribution is 2.44. The average molecular weight is 335 g/mol. The Kier molecular flexibility index (Phi) is 4.06. The SMILES string of the molecule is COC(=S)c1ccc2c(c1)[C@H](N1CCCC1=O)[C@@H](O)C(C)(C)O2. The van der Waals surface area contributed by atoms with Gasteiger partial charge in [-0.3, -0.25) is 4.79 Å². The molecule has 2 atom stereocenters. The van der Waals surface area contributed by atoms with Crippen LogP contribution < -0.4 is 4.74 Å². The van der Waals surface area contributed by atoms with Gasteiger partial charge in [-0.05, 0) is 50.7 Å². The molecule has 0 radical (unpaired) electrons. The van der Waals surface area contributed by atoms with E-state index in [0.29, 0.717) is 23.8 Å². The van der Waals surface area contributed by atoms with Crippen LogP contribution in [0.3, 0.4) is 0 Å². The van der Waals surface area contributed by atoms with Crippen molar-refractivity contribution in [1.82, 2.24) is 4.90 Å². The zero-order valence-electron chi connectivity index (χ0n) is 13.5. The summed E-state index contributed by atoms with van der Waals surface area (Å²) in [5, 5.41) is 11.2.